The van der Waals surface area contributed by atoms with Gasteiger partial charge in [-0.2, -0.15) is 0 Å². The number of aliphatic imine (C=N–C) groups is 1. The highest BCUT2D eigenvalue weighted by Gasteiger charge is 2.22. The van der Waals surface area contributed by atoms with E-state index in [0.717, 1.165) is 38.4 Å². The lowest BCUT2D eigenvalue weighted by Gasteiger charge is -2.34. The second-order valence-corrected chi connectivity index (χ2v) is 9.84. The third-order valence-corrected chi connectivity index (χ3v) is 5.65. The van der Waals surface area contributed by atoms with Crippen LogP contribution in [0.15, 0.2) is 23.2 Å². The summed E-state index contributed by atoms with van der Waals surface area (Å²) in [6.07, 6.45) is 3.18. The Balaban J connectivity index is 0.00000392. The highest BCUT2D eigenvalue weighted by atomic mass is 127. The van der Waals surface area contributed by atoms with Crippen LogP contribution in [-0.2, 0) is 9.84 Å². The maximum absolute atomic E-state index is 11.3. The molecule has 28 heavy (non-hydrogen) atoms. The number of hydrogen-bond acceptors (Lipinski definition) is 4. The molecular weight excluding hydrogens is 536 g/mol. The summed E-state index contributed by atoms with van der Waals surface area (Å²) in [5, 5.41) is 4.37. The number of rotatable bonds is 7. The van der Waals surface area contributed by atoms with Gasteiger partial charge in [-0.05, 0) is 43.9 Å². The van der Waals surface area contributed by atoms with Gasteiger partial charge < -0.3 is 15.0 Å². The van der Waals surface area contributed by atoms with Gasteiger partial charge in [0, 0.05) is 35.9 Å². The number of halogens is 3. The standard InChI is InChI=1S/C18H27Cl2N3O3S.HI/c1-3-21-18(22-6-9-27(2,24)25)23-7-4-14(5-8-23)13-26-17-11-15(19)10-16(20)12-17;/h10-12,14H,3-9,13H2,1-2H3,(H,21,22);1H. The molecule has 0 bridgehead atoms. The van der Waals surface area contributed by atoms with E-state index in [1.165, 1.54) is 6.26 Å². The van der Waals surface area contributed by atoms with E-state index >= 15 is 0 Å². The molecule has 6 nitrogen and oxygen atoms in total. The molecule has 0 amide bonds. The van der Waals surface area contributed by atoms with Gasteiger partial charge in [-0.15, -0.1) is 24.0 Å². The molecule has 0 aromatic heterocycles. The van der Waals surface area contributed by atoms with Crippen molar-refractivity contribution in [2.75, 3.05) is 44.8 Å². The molecule has 1 aliphatic heterocycles. The molecule has 1 aromatic rings. The quantitative estimate of drug-likeness (QED) is 0.311. The normalized spacial score (nSPS) is 15.9. The molecule has 1 fully saturated rings. The molecule has 0 spiro atoms. The predicted molar refractivity (Wildman–Crippen MR) is 127 cm³/mol. The van der Waals surface area contributed by atoms with Crippen LogP contribution in [0.5, 0.6) is 5.75 Å². The predicted octanol–water partition coefficient (Wildman–Crippen LogP) is 3.71. The van der Waals surface area contributed by atoms with Crippen LogP contribution in [0.4, 0.5) is 0 Å². The van der Waals surface area contributed by atoms with Gasteiger partial charge in [-0.1, -0.05) is 23.2 Å². The van der Waals surface area contributed by atoms with E-state index in [4.69, 9.17) is 27.9 Å². The first-order chi connectivity index (χ1) is 12.8. The maximum atomic E-state index is 11.3. The van der Waals surface area contributed by atoms with Gasteiger partial charge in [-0.25, -0.2) is 8.42 Å². The molecule has 1 N–H and O–H groups in total. The Kier molecular flexibility index (Phi) is 11.2. The Bertz CT molecular complexity index is 734. The minimum atomic E-state index is -3.00. The van der Waals surface area contributed by atoms with Gasteiger partial charge in [0.15, 0.2) is 5.96 Å². The van der Waals surface area contributed by atoms with Crippen molar-refractivity contribution in [2.24, 2.45) is 10.9 Å². The number of piperidine rings is 1. The van der Waals surface area contributed by atoms with Crippen molar-refractivity contribution in [2.45, 2.75) is 19.8 Å². The zero-order valence-corrected chi connectivity index (χ0v) is 20.8. The zero-order valence-electron chi connectivity index (χ0n) is 16.2. The van der Waals surface area contributed by atoms with Crippen LogP contribution in [0.3, 0.4) is 0 Å². The molecule has 0 unspecified atom stereocenters. The number of likely N-dealkylation sites (tertiary alicyclic amines) is 1. The lowest BCUT2D eigenvalue weighted by atomic mass is 9.98. The molecule has 1 saturated heterocycles. The van der Waals surface area contributed by atoms with Crippen LogP contribution >= 0.6 is 47.2 Å². The number of nitrogens with one attached hydrogen (secondary N) is 1. The first-order valence-corrected chi connectivity index (χ1v) is 11.9. The summed E-state index contributed by atoms with van der Waals surface area (Å²) >= 11 is 12.0. The maximum Gasteiger partial charge on any atom is 0.193 e. The van der Waals surface area contributed by atoms with Crippen LogP contribution in [0.1, 0.15) is 19.8 Å². The van der Waals surface area contributed by atoms with Gasteiger partial charge in [0.25, 0.3) is 0 Å². The summed E-state index contributed by atoms with van der Waals surface area (Å²) in [7, 11) is -3.00. The lowest BCUT2D eigenvalue weighted by molar-refractivity contribution is 0.179. The molecule has 2 rings (SSSR count). The fraction of sp³-hybridized carbons (Fsp3) is 0.611. The number of guanidine groups is 1. The van der Waals surface area contributed by atoms with E-state index < -0.39 is 9.84 Å². The molecule has 0 aliphatic carbocycles. The second-order valence-electron chi connectivity index (χ2n) is 6.71. The minimum Gasteiger partial charge on any atom is -0.493 e. The van der Waals surface area contributed by atoms with Gasteiger partial charge in [0.05, 0.1) is 18.9 Å². The van der Waals surface area contributed by atoms with Crippen LogP contribution in [0.25, 0.3) is 0 Å². The number of ether oxygens (including phenoxy) is 1. The Labute approximate surface area is 194 Å². The number of sulfone groups is 1. The molecule has 0 saturated carbocycles. The molecule has 0 radical (unpaired) electrons. The highest BCUT2D eigenvalue weighted by molar-refractivity contribution is 14.0. The van der Waals surface area contributed by atoms with E-state index in [-0.39, 0.29) is 36.3 Å². The SMILES string of the molecule is CCNC(=NCCS(C)(=O)=O)N1CCC(COc2cc(Cl)cc(Cl)c2)CC1.I. The number of benzene rings is 1. The Morgan fingerprint density at radius 1 is 1.25 bits per heavy atom. The highest BCUT2D eigenvalue weighted by Crippen LogP contribution is 2.26. The van der Waals surface area contributed by atoms with Crippen molar-refractivity contribution in [3.8, 4) is 5.75 Å². The van der Waals surface area contributed by atoms with Gasteiger partial charge in [0.1, 0.15) is 15.6 Å². The Morgan fingerprint density at radius 3 is 2.39 bits per heavy atom. The van der Waals surface area contributed by atoms with Crippen LogP contribution in [-0.4, -0.2) is 64.1 Å². The fourth-order valence-corrected chi connectivity index (χ4v) is 3.81. The van der Waals surface area contributed by atoms with Crippen LogP contribution < -0.4 is 10.1 Å². The minimum absolute atomic E-state index is 0. The van der Waals surface area contributed by atoms with E-state index in [1.807, 2.05) is 6.92 Å². The van der Waals surface area contributed by atoms with E-state index in [9.17, 15) is 8.42 Å². The average molecular weight is 564 g/mol. The topological polar surface area (TPSA) is 71.0 Å². The van der Waals surface area contributed by atoms with Crippen molar-refractivity contribution < 1.29 is 13.2 Å². The van der Waals surface area contributed by atoms with Crippen molar-refractivity contribution in [3.63, 3.8) is 0 Å². The van der Waals surface area contributed by atoms with Crippen LogP contribution in [0, 0.1) is 5.92 Å². The average Bonchev–Trinajstić information content (AvgIpc) is 2.58. The fourth-order valence-electron chi connectivity index (χ4n) is 2.88. The molecule has 160 valence electrons. The second kappa shape index (κ2) is 12.3. The largest absolute Gasteiger partial charge is 0.493 e. The van der Waals surface area contributed by atoms with Gasteiger partial charge >= 0.3 is 0 Å². The van der Waals surface area contributed by atoms with E-state index in [0.29, 0.717) is 28.3 Å². The number of nitrogens with zero attached hydrogens (tertiary/aromatic N) is 2. The van der Waals surface area contributed by atoms with Crippen molar-refractivity contribution in [3.05, 3.63) is 28.2 Å². The van der Waals surface area contributed by atoms with Crippen molar-refractivity contribution in [1.29, 1.82) is 0 Å². The van der Waals surface area contributed by atoms with Crippen LogP contribution in [0.2, 0.25) is 10.0 Å². The number of hydrogen-bond donors (Lipinski definition) is 1. The summed E-state index contributed by atoms with van der Waals surface area (Å²) in [5.74, 6) is 1.97. The van der Waals surface area contributed by atoms with E-state index in [2.05, 4.69) is 15.2 Å². The molecule has 10 heteroatoms. The monoisotopic (exact) mass is 563 g/mol. The van der Waals surface area contributed by atoms with Crippen molar-refractivity contribution in [1.82, 2.24) is 10.2 Å². The summed E-state index contributed by atoms with van der Waals surface area (Å²) < 4.78 is 28.4. The summed E-state index contributed by atoms with van der Waals surface area (Å²) in [5.41, 5.74) is 0. The molecule has 1 aliphatic rings. The van der Waals surface area contributed by atoms with Crippen molar-refractivity contribution >= 4 is 63.0 Å². The van der Waals surface area contributed by atoms with Gasteiger partial charge in [-0.3, -0.25) is 4.99 Å². The van der Waals surface area contributed by atoms with E-state index in [1.54, 1.807) is 18.2 Å². The first kappa shape index (κ1) is 25.6. The van der Waals surface area contributed by atoms with Gasteiger partial charge in [0.2, 0.25) is 0 Å². The lowest BCUT2D eigenvalue weighted by Crippen LogP contribution is -2.46. The summed E-state index contributed by atoms with van der Waals surface area (Å²) in [6.45, 7) is 5.36. The smallest absolute Gasteiger partial charge is 0.193 e. The molecular formula is C18H28Cl2IN3O3S. The Hall–Kier alpha value is -0.450. The zero-order chi connectivity index (χ0) is 19.9. The summed E-state index contributed by atoms with van der Waals surface area (Å²) in [6, 6.07) is 5.21. The Morgan fingerprint density at radius 2 is 1.86 bits per heavy atom. The third kappa shape index (κ3) is 9.37. The molecule has 1 heterocycles. The first-order valence-electron chi connectivity index (χ1n) is 9.06. The third-order valence-electron chi connectivity index (χ3n) is 4.29. The molecule has 1 aromatic carbocycles. The summed E-state index contributed by atoms with van der Waals surface area (Å²) in [4.78, 5) is 6.63. The molecule has 0 atom stereocenters.